The SMILES string of the molecule is Cc1ccccc1C(CN)CCCc1ccccc1. The minimum absolute atomic E-state index is 0.491. The molecular weight excluding hydrogens is 230 g/mol. The van der Waals surface area contributed by atoms with E-state index >= 15 is 0 Å². The Kier molecular flexibility index (Phi) is 5.17. The van der Waals surface area contributed by atoms with E-state index in [-0.39, 0.29) is 0 Å². The predicted octanol–water partition coefficient (Wildman–Crippen LogP) is 4.06. The molecule has 0 saturated carbocycles. The van der Waals surface area contributed by atoms with Crippen LogP contribution in [0, 0.1) is 6.92 Å². The largest absolute Gasteiger partial charge is 0.330 e. The molecule has 1 atom stereocenters. The van der Waals surface area contributed by atoms with Gasteiger partial charge in [0, 0.05) is 0 Å². The van der Waals surface area contributed by atoms with Crippen LogP contribution in [0.3, 0.4) is 0 Å². The van der Waals surface area contributed by atoms with E-state index in [0.29, 0.717) is 5.92 Å². The highest BCUT2D eigenvalue weighted by Gasteiger charge is 2.11. The van der Waals surface area contributed by atoms with Gasteiger partial charge in [-0.2, -0.15) is 0 Å². The van der Waals surface area contributed by atoms with Gasteiger partial charge in [0.15, 0.2) is 0 Å². The summed E-state index contributed by atoms with van der Waals surface area (Å²) in [6.45, 7) is 2.91. The van der Waals surface area contributed by atoms with Crippen molar-refractivity contribution in [2.75, 3.05) is 6.54 Å². The molecule has 0 bridgehead atoms. The van der Waals surface area contributed by atoms with Crippen molar-refractivity contribution in [1.82, 2.24) is 0 Å². The first-order chi connectivity index (χ1) is 9.31. The van der Waals surface area contributed by atoms with Gasteiger partial charge in [-0.3, -0.25) is 0 Å². The van der Waals surface area contributed by atoms with Crippen LogP contribution in [0.1, 0.15) is 35.4 Å². The van der Waals surface area contributed by atoms with Gasteiger partial charge in [-0.1, -0.05) is 54.6 Å². The lowest BCUT2D eigenvalue weighted by atomic mass is 9.90. The Labute approximate surface area is 116 Å². The molecule has 0 radical (unpaired) electrons. The van der Waals surface area contributed by atoms with Gasteiger partial charge in [0.25, 0.3) is 0 Å². The quantitative estimate of drug-likeness (QED) is 0.825. The van der Waals surface area contributed by atoms with Crippen LogP contribution in [-0.4, -0.2) is 6.54 Å². The number of aryl methyl sites for hydroxylation is 2. The second kappa shape index (κ2) is 7.10. The topological polar surface area (TPSA) is 26.0 Å². The molecule has 19 heavy (non-hydrogen) atoms. The minimum Gasteiger partial charge on any atom is -0.330 e. The van der Waals surface area contributed by atoms with Crippen LogP contribution < -0.4 is 5.73 Å². The predicted molar refractivity (Wildman–Crippen MR) is 82.4 cm³/mol. The molecule has 0 aliphatic heterocycles. The molecule has 2 N–H and O–H groups in total. The number of benzene rings is 2. The Balaban J connectivity index is 1.92. The summed E-state index contributed by atoms with van der Waals surface area (Å²) >= 11 is 0. The van der Waals surface area contributed by atoms with Crippen molar-refractivity contribution in [3.63, 3.8) is 0 Å². The van der Waals surface area contributed by atoms with E-state index in [1.807, 2.05) is 0 Å². The van der Waals surface area contributed by atoms with Crippen molar-refractivity contribution in [3.8, 4) is 0 Å². The van der Waals surface area contributed by atoms with Crippen molar-refractivity contribution < 1.29 is 0 Å². The fraction of sp³-hybridized carbons (Fsp3) is 0.333. The summed E-state index contributed by atoms with van der Waals surface area (Å²) in [7, 11) is 0. The van der Waals surface area contributed by atoms with Gasteiger partial charge in [0.2, 0.25) is 0 Å². The number of hydrogen-bond acceptors (Lipinski definition) is 1. The van der Waals surface area contributed by atoms with Crippen molar-refractivity contribution in [2.45, 2.75) is 32.1 Å². The van der Waals surface area contributed by atoms with E-state index < -0.39 is 0 Å². The maximum Gasteiger partial charge on any atom is -0.000813 e. The highest BCUT2D eigenvalue weighted by Crippen LogP contribution is 2.24. The van der Waals surface area contributed by atoms with E-state index in [1.165, 1.54) is 23.1 Å². The van der Waals surface area contributed by atoms with E-state index in [9.17, 15) is 0 Å². The fourth-order valence-electron chi connectivity index (χ4n) is 2.64. The second-order valence-electron chi connectivity index (χ2n) is 5.17. The van der Waals surface area contributed by atoms with Gasteiger partial charge < -0.3 is 5.73 Å². The summed E-state index contributed by atoms with van der Waals surface area (Å²) < 4.78 is 0. The molecular formula is C18H23N. The molecule has 100 valence electrons. The van der Waals surface area contributed by atoms with Gasteiger partial charge in [0.05, 0.1) is 0 Å². The van der Waals surface area contributed by atoms with Gasteiger partial charge >= 0.3 is 0 Å². The van der Waals surface area contributed by atoms with E-state index in [4.69, 9.17) is 5.73 Å². The third-order valence-corrected chi connectivity index (χ3v) is 3.77. The van der Waals surface area contributed by atoms with Crippen molar-refractivity contribution >= 4 is 0 Å². The molecule has 1 unspecified atom stereocenters. The van der Waals surface area contributed by atoms with Crippen LogP contribution in [0.15, 0.2) is 54.6 Å². The maximum atomic E-state index is 5.95. The first-order valence-corrected chi connectivity index (χ1v) is 7.11. The monoisotopic (exact) mass is 253 g/mol. The average Bonchev–Trinajstić information content (AvgIpc) is 2.46. The van der Waals surface area contributed by atoms with Gasteiger partial charge in [-0.25, -0.2) is 0 Å². The van der Waals surface area contributed by atoms with Gasteiger partial charge in [0.1, 0.15) is 0 Å². The van der Waals surface area contributed by atoms with Gasteiger partial charge in [-0.15, -0.1) is 0 Å². The smallest absolute Gasteiger partial charge is 0.000813 e. The molecule has 1 heteroatoms. The summed E-state index contributed by atoms with van der Waals surface area (Å²) in [4.78, 5) is 0. The third kappa shape index (κ3) is 3.93. The lowest BCUT2D eigenvalue weighted by Crippen LogP contribution is -2.14. The van der Waals surface area contributed by atoms with Crippen LogP contribution in [0.2, 0.25) is 0 Å². The first-order valence-electron chi connectivity index (χ1n) is 7.11. The summed E-state index contributed by atoms with van der Waals surface area (Å²) in [5.41, 5.74) is 10.1. The molecule has 0 fully saturated rings. The van der Waals surface area contributed by atoms with Crippen molar-refractivity contribution in [1.29, 1.82) is 0 Å². The Bertz CT molecular complexity index is 490. The van der Waals surface area contributed by atoms with E-state index in [2.05, 4.69) is 61.5 Å². The normalized spacial score (nSPS) is 12.3. The molecule has 2 rings (SSSR count). The van der Waals surface area contributed by atoms with E-state index in [0.717, 1.165) is 19.4 Å². The second-order valence-corrected chi connectivity index (χ2v) is 5.17. The molecule has 2 aromatic rings. The highest BCUT2D eigenvalue weighted by molar-refractivity contribution is 5.29. The molecule has 0 saturated heterocycles. The molecule has 2 aromatic carbocycles. The lowest BCUT2D eigenvalue weighted by molar-refractivity contribution is 0.596. The molecule has 0 aromatic heterocycles. The minimum atomic E-state index is 0.491. The average molecular weight is 253 g/mol. The zero-order chi connectivity index (χ0) is 13.5. The Morgan fingerprint density at radius 2 is 1.63 bits per heavy atom. The van der Waals surface area contributed by atoms with Crippen molar-refractivity contribution in [2.24, 2.45) is 5.73 Å². The number of rotatable bonds is 6. The zero-order valence-corrected chi connectivity index (χ0v) is 11.7. The molecule has 0 heterocycles. The molecule has 1 nitrogen and oxygen atoms in total. The number of nitrogens with two attached hydrogens (primary N) is 1. The van der Waals surface area contributed by atoms with E-state index in [1.54, 1.807) is 0 Å². The molecule has 0 aliphatic rings. The lowest BCUT2D eigenvalue weighted by Gasteiger charge is -2.17. The molecule has 0 aliphatic carbocycles. The molecule has 0 amide bonds. The van der Waals surface area contributed by atoms with Crippen LogP contribution in [0.4, 0.5) is 0 Å². The van der Waals surface area contributed by atoms with Gasteiger partial charge in [-0.05, 0) is 55.3 Å². The summed E-state index contributed by atoms with van der Waals surface area (Å²) in [5, 5.41) is 0. The highest BCUT2D eigenvalue weighted by atomic mass is 14.5. The Hall–Kier alpha value is -1.60. The summed E-state index contributed by atoms with van der Waals surface area (Å²) in [6, 6.07) is 19.3. The van der Waals surface area contributed by atoms with Crippen LogP contribution in [0.25, 0.3) is 0 Å². The number of hydrogen-bond donors (Lipinski definition) is 1. The fourth-order valence-corrected chi connectivity index (χ4v) is 2.64. The Morgan fingerprint density at radius 3 is 2.32 bits per heavy atom. The van der Waals surface area contributed by atoms with Crippen LogP contribution in [-0.2, 0) is 6.42 Å². The zero-order valence-electron chi connectivity index (χ0n) is 11.7. The molecule has 0 spiro atoms. The van der Waals surface area contributed by atoms with Crippen LogP contribution >= 0.6 is 0 Å². The van der Waals surface area contributed by atoms with Crippen LogP contribution in [0.5, 0.6) is 0 Å². The maximum absolute atomic E-state index is 5.95. The summed E-state index contributed by atoms with van der Waals surface area (Å²) in [6.07, 6.45) is 3.50. The first kappa shape index (κ1) is 13.8. The van der Waals surface area contributed by atoms with Crippen molar-refractivity contribution in [3.05, 3.63) is 71.3 Å². The third-order valence-electron chi connectivity index (χ3n) is 3.77. The summed E-state index contributed by atoms with van der Waals surface area (Å²) in [5.74, 6) is 0.491. The Morgan fingerprint density at radius 1 is 0.947 bits per heavy atom. The standard InChI is InChI=1S/C18H23N/c1-15-8-5-6-13-18(15)17(14-19)12-7-11-16-9-3-2-4-10-16/h2-6,8-10,13,17H,7,11-12,14,19H2,1H3.